The van der Waals surface area contributed by atoms with E-state index in [9.17, 15) is 18.7 Å². The summed E-state index contributed by atoms with van der Waals surface area (Å²) in [6.07, 6.45) is 3.90. The van der Waals surface area contributed by atoms with E-state index in [4.69, 9.17) is 0 Å². The lowest BCUT2D eigenvalue weighted by atomic mass is 10.1. The number of aromatic nitrogens is 5. The summed E-state index contributed by atoms with van der Waals surface area (Å²) in [4.78, 5) is 15.6. The fourth-order valence-electron chi connectivity index (χ4n) is 3.24. The summed E-state index contributed by atoms with van der Waals surface area (Å²) in [5.74, 6) is -2.51. The Morgan fingerprint density at radius 1 is 1.18 bits per heavy atom. The number of rotatable bonds is 5. The molecule has 0 bridgehead atoms. The number of nitrogens with zero attached hydrogens (tertiary/aromatic N) is 4. The summed E-state index contributed by atoms with van der Waals surface area (Å²) in [6, 6.07) is 5.13. The SMILES string of the molecule is CCc1nn(CCn2cccn2)c2[nH]c(-c3c(F)cccc3F)c(O)c(=O)c12. The molecule has 0 aliphatic heterocycles. The van der Waals surface area contributed by atoms with Crippen LogP contribution in [0, 0.1) is 11.6 Å². The first-order valence-electron chi connectivity index (χ1n) is 8.77. The lowest BCUT2D eigenvalue weighted by Gasteiger charge is -2.10. The Balaban J connectivity index is 1.92. The molecule has 9 heteroatoms. The largest absolute Gasteiger partial charge is 0.503 e. The molecule has 0 aliphatic carbocycles. The van der Waals surface area contributed by atoms with Crippen LogP contribution in [0.15, 0.2) is 41.5 Å². The Hall–Kier alpha value is -3.49. The van der Waals surface area contributed by atoms with E-state index in [1.54, 1.807) is 27.8 Å². The third-order valence-electron chi connectivity index (χ3n) is 4.60. The van der Waals surface area contributed by atoms with Crippen LogP contribution in [0.1, 0.15) is 12.6 Å². The van der Waals surface area contributed by atoms with Crippen LogP contribution in [-0.4, -0.2) is 29.7 Å². The molecule has 0 saturated heterocycles. The van der Waals surface area contributed by atoms with Gasteiger partial charge in [-0.25, -0.2) is 13.5 Å². The fourth-order valence-corrected chi connectivity index (χ4v) is 3.24. The highest BCUT2D eigenvalue weighted by atomic mass is 19.1. The third-order valence-corrected chi connectivity index (χ3v) is 4.60. The zero-order valence-corrected chi connectivity index (χ0v) is 15.0. The molecule has 2 N–H and O–H groups in total. The molecule has 28 heavy (non-hydrogen) atoms. The van der Waals surface area contributed by atoms with E-state index in [-0.39, 0.29) is 11.1 Å². The minimum absolute atomic E-state index is 0.209. The summed E-state index contributed by atoms with van der Waals surface area (Å²) < 4.78 is 31.8. The molecule has 0 fully saturated rings. The fraction of sp³-hybridized carbons (Fsp3) is 0.211. The van der Waals surface area contributed by atoms with Crippen molar-refractivity contribution in [3.63, 3.8) is 0 Å². The van der Waals surface area contributed by atoms with Crippen molar-refractivity contribution in [2.75, 3.05) is 0 Å². The van der Waals surface area contributed by atoms with Gasteiger partial charge in [-0.3, -0.25) is 9.48 Å². The summed E-state index contributed by atoms with van der Waals surface area (Å²) in [7, 11) is 0. The molecule has 0 spiro atoms. The summed E-state index contributed by atoms with van der Waals surface area (Å²) in [5, 5.41) is 19.1. The highest BCUT2D eigenvalue weighted by molar-refractivity contribution is 5.84. The van der Waals surface area contributed by atoms with Crippen molar-refractivity contribution < 1.29 is 13.9 Å². The average Bonchev–Trinajstić information content (AvgIpc) is 3.31. The smallest absolute Gasteiger partial charge is 0.235 e. The number of aromatic hydroxyl groups is 1. The number of halogens is 2. The van der Waals surface area contributed by atoms with Crippen molar-refractivity contribution in [1.82, 2.24) is 24.5 Å². The van der Waals surface area contributed by atoms with Crippen LogP contribution >= 0.6 is 0 Å². The van der Waals surface area contributed by atoms with Gasteiger partial charge < -0.3 is 10.1 Å². The van der Waals surface area contributed by atoms with Crippen molar-refractivity contribution in [2.45, 2.75) is 26.4 Å². The number of benzene rings is 1. The molecule has 3 aromatic heterocycles. The Kier molecular flexibility index (Phi) is 4.42. The van der Waals surface area contributed by atoms with Crippen LogP contribution in [0.2, 0.25) is 0 Å². The standard InChI is InChI=1S/C19H17F2N5O2/c1-2-13-15-17(27)18(28)16(14-11(20)5-3-6-12(14)21)23-19(15)26(24-13)10-9-25-8-4-7-22-25/h3-8,28H,2,9-10H2,1H3,(H,23,27). The Morgan fingerprint density at radius 2 is 1.93 bits per heavy atom. The first-order valence-corrected chi connectivity index (χ1v) is 8.77. The zero-order chi connectivity index (χ0) is 19.8. The molecular weight excluding hydrogens is 368 g/mol. The quantitative estimate of drug-likeness (QED) is 0.553. The van der Waals surface area contributed by atoms with Crippen LogP contribution in [0.5, 0.6) is 5.75 Å². The topological polar surface area (TPSA) is 88.7 Å². The van der Waals surface area contributed by atoms with Gasteiger partial charge in [0.05, 0.1) is 35.4 Å². The molecule has 0 saturated carbocycles. The molecule has 0 aliphatic rings. The molecule has 0 radical (unpaired) electrons. The van der Waals surface area contributed by atoms with Crippen molar-refractivity contribution in [3.05, 3.63) is 64.2 Å². The van der Waals surface area contributed by atoms with Gasteiger partial charge in [0.2, 0.25) is 5.43 Å². The predicted octanol–water partition coefficient (Wildman–Crippen LogP) is 2.83. The van der Waals surface area contributed by atoms with E-state index < -0.39 is 28.4 Å². The number of aromatic amines is 1. The number of fused-ring (bicyclic) bond motifs is 1. The number of aryl methyl sites for hydroxylation is 3. The number of pyridine rings is 1. The van der Waals surface area contributed by atoms with Crippen molar-refractivity contribution in [1.29, 1.82) is 0 Å². The number of hydrogen-bond acceptors (Lipinski definition) is 4. The molecular formula is C19H17F2N5O2. The van der Waals surface area contributed by atoms with Gasteiger partial charge in [-0.15, -0.1) is 0 Å². The van der Waals surface area contributed by atoms with E-state index >= 15 is 0 Å². The van der Waals surface area contributed by atoms with Crippen LogP contribution < -0.4 is 5.43 Å². The van der Waals surface area contributed by atoms with E-state index in [1.165, 1.54) is 6.07 Å². The minimum Gasteiger partial charge on any atom is -0.503 e. The Bertz CT molecular complexity index is 1190. The Labute approximate surface area is 157 Å². The van der Waals surface area contributed by atoms with Crippen LogP contribution in [0.25, 0.3) is 22.3 Å². The third kappa shape index (κ3) is 2.84. The van der Waals surface area contributed by atoms with Crippen molar-refractivity contribution >= 4 is 11.0 Å². The minimum atomic E-state index is -0.886. The molecule has 4 aromatic rings. The number of nitrogens with one attached hydrogen (secondary N) is 1. The highest BCUT2D eigenvalue weighted by Gasteiger charge is 2.23. The van der Waals surface area contributed by atoms with Gasteiger partial charge in [-0.2, -0.15) is 10.2 Å². The van der Waals surface area contributed by atoms with Crippen molar-refractivity contribution in [2.24, 2.45) is 0 Å². The molecule has 0 unspecified atom stereocenters. The Morgan fingerprint density at radius 3 is 2.57 bits per heavy atom. The van der Waals surface area contributed by atoms with Gasteiger partial charge in [-0.1, -0.05) is 13.0 Å². The van der Waals surface area contributed by atoms with E-state index in [0.717, 1.165) is 12.1 Å². The van der Waals surface area contributed by atoms with Gasteiger partial charge in [0.1, 0.15) is 17.3 Å². The zero-order valence-electron chi connectivity index (χ0n) is 15.0. The van der Waals surface area contributed by atoms with Crippen molar-refractivity contribution in [3.8, 4) is 17.0 Å². The summed E-state index contributed by atoms with van der Waals surface area (Å²) in [5.41, 5.74) is -0.724. The average molecular weight is 385 g/mol. The lowest BCUT2D eigenvalue weighted by Crippen LogP contribution is -2.11. The molecule has 0 amide bonds. The normalized spacial score (nSPS) is 11.4. The van der Waals surface area contributed by atoms with Gasteiger partial charge in [0.25, 0.3) is 0 Å². The first kappa shape index (κ1) is 17.9. The van der Waals surface area contributed by atoms with Gasteiger partial charge in [0, 0.05) is 12.4 Å². The lowest BCUT2D eigenvalue weighted by molar-refractivity contribution is 0.469. The van der Waals surface area contributed by atoms with Crippen LogP contribution in [-0.2, 0) is 19.5 Å². The predicted molar refractivity (Wildman–Crippen MR) is 99.0 cm³/mol. The summed E-state index contributed by atoms with van der Waals surface area (Å²) >= 11 is 0. The summed E-state index contributed by atoms with van der Waals surface area (Å²) in [6.45, 7) is 2.69. The van der Waals surface area contributed by atoms with Gasteiger partial charge >= 0.3 is 0 Å². The molecule has 0 atom stereocenters. The van der Waals surface area contributed by atoms with Crippen LogP contribution in [0.3, 0.4) is 0 Å². The molecule has 1 aromatic carbocycles. The molecule has 4 rings (SSSR count). The second-order valence-electron chi connectivity index (χ2n) is 6.29. The molecule has 3 heterocycles. The van der Waals surface area contributed by atoms with E-state index in [0.29, 0.717) is 30.9 Å². The second-order valence-corrected chi connectivity index (χ2v) is 6.29. The first-order chi connectivity index (χ1) is 13.5. The second kappa shape index (κ2) is 6.91. The maximum Gasteiger partial charge on any atom is 0.235 e. The van der Waals surface area contributed by atoms with E-state index in [2.05, 4.69) is 15.2 Å². The molecule has 144 valence electrons. The van der Waals surface area contributed by atoms with Gasteiger partial charge in [-0.05, 0) is 24.6 Å². The maximum absolute atomic E-state index is 14.2. The van der Waals surface area contributed by atoms with Crippen LogP contribution in [0.4, 0.5) is 8.78 Å². The highest BCUT2D eigenvalue weighted by Crippen LogP contribution is 2.31. The maximum atomic E-state index is 14.2. The monoisotopic (exact) mass is 385 g/mol. The van der Waals surface area contributed by atoms with Gasteiger partial charge in [0.15, 0.2) is 5.75 Å². The number of hydrogen-bond donors (Lipinski definition) is 2. The molecule has 7 nitrogen and oxygen atoms in total. The van der Waals surface area contributed by atoms with E-state index in [1.807, 2.05) is 6.92 Å². The number of H-pyrrole nitrogens is 1.